The molecule has 3 rings (SSSR count). The van der Waals surface area contributed by atoms with Gasteiger partial charge in [0.05, 0.1) is 0 Å². The Morgan fingerprint density at radius 3 is 2.52 bits per heavy atom. The number of anilines is 1. The van der Waals surface area contributed by atoms with Crippen molar-refractivity contribution in [3.8, 4) is 11.3 Å². The molecule has 1 aromatic carbocycles. The van der Waals surface area contributed by atoms with Crippen LogP contribution in [0, 0.1) is 18.8 Å². The fourth-order valence-corrected chi connectivity index (χ4v) is 3.39. The zero-order valence-electron chi connectivity index (χ0n) is 14.0. The van der Waals surface area contributed by atoms with Gasteiger partial charge in [-0.2, -0.15) is 0 Å². The number of amides is 1. The molecule has 1 aliphatic heterocycles. The normalized spacial score (nSPS) is 21.4. The number of furan rings is 1. The van der Waals surface area contributed by atoms with Crippen LogP contribution in [0.3, 0.4) is 0 Å². The van der Waals surface area contributed by atoms with E-state index in [1.807, 2.05) is 36.1 Å². The zero-order valence-corrected chi connectivity index (χ0v) is 14.0. The summed E-state index contributed by atoms with van der Waals surface area (Å²) in [6.45, 7) is 7.96. The predicted octanol–water partition coefficient (Wildman–Crippen LogP) is 3.96. The first-order valence-corrected chi connectivity index (χ1v) is 8.19. The van der Waals surface area contributed by atoms with Crippen molar-refractivity contribution < 1.29 is 9.21 Å². The molecule has 1 aromatic heterocycles. The van der Waals surface area contributed by atoms with Crippen LogP contribution in [-0.4, -0.2) is 23.9 Å². The van der Waals surface area contributed by atoms with Crippen LogP contribution in [-0.2, 0) is 0 Å². The van der Waals surface area contributed by atoms with Crippen LogP contribution in [0.4, 0.5) is 5.69 Å². The molecule has 2 aromatic rings. The molecule has 1 fully saturated rings. The van der Waals surface area contributed by atoms with E-state index in [1.165, 1.54) is 6.42 Å². The Bertz CT molecular complexity index is 710. The number of rotatable bonds is 2. The number of hydrogen-bond acceptors (Lipinski definition) is 3. The Labute approximate surface area is 137 Å². The van der Waals surface area contributed by atoms with Gasteiger partial charge in [-0.1, -0.05) is 26.0 Å². The van der Waals surface area contributed by atoms with Crippen molar-refractivity contribution in [2.75, 3.05) is 18.8 Å². The standard InChI is InChI=1S/C19H24N2O2/c1-12-8-13(2)11-21(10-12)19(22)18-7-6-17(23-18)15-5-4-14(3)16(20)9-15/h4-7,9,12-13H,8,10-11,20H2,1-3H3/t12-,13-/m0/s1. The molecule has 4 nitrogen and oxygen atoms in total. The number of nitrogen functional groups attached to an aromatic ring is 1. The summed E-state index contributed by atoms with van der Waals surface area (Å²) in [5.41, 5.74) is 8.61. The van der Waals surface area contributed by atoms with Crippen LogP contribution in [0.15, 0.2) is 34.7 Å². The number of carbonyl (C=O) groups is 1. The maximum Gasteiger partial charge on any atom is 0.289 e. The van der Waals surface area contributed by atoms with Gasteiger partial charge >= 0.3 is 0 Å². The van der Waals surface area contributed by atoms with Crippen molar-refractivity contribution in [3.63, 3.8) is 0 Å². The van der Waals surface area contributed by atoms with E-state index >= 15 is 0 Å². The molecule has 0 bridgehead atoms. The monoisotopic (exact) mass is 312 g/mol. The summed E-state index contributed by atoms with van der Waals surface area (Å²) in [6.07, 6.45) is 1.18. The Morgan fingerprint density at radius 1 is 1.17 bits per heavy atom. The molecule has 2 heterocycles. The van der Waals surface area contributed by atoms with E-state index in [0.717, 1.165) is 29.9 Å². The van der Waals surface area contributed by atoms with E-state index in [9.17, 15) is 4.79 Å². The minimum atomic E-state index is -0.0188. The van der Waals surface area contributed by atoms with Crippen LogP contribution in [0.1, 0.15) is 36.4 Å². The molecule has 122 valence electrons. The Balaban J connectivity index is 1.81. The molecule has 2 N–H and O–H groups in total. The first kappa shape index (κ1) is 15.7. The third-order valence-electron chi connectivity index (χ3n) is 4.54. The quantitative estimate of drug-likeness (QED) is 0.854. The summed E-state index contributed by atoms with van der Waals surface area (Å²) in [6, 6.07) is 9.41. The molecule has 1 amide bonds. The lowest BCUT2D eigenvalue weighted by atomic mass is 9.92. The summed E-state index contributed by atoms with van der Waals surface area (Å²) < 4.78 is 5.80. The van der Waals surface area contributed by atoms with E-state index in [1.54, 1.807) is 6.07 Å². The molecular weight excluding hydrogens is 288 g/mol. The van der Waals surface area contributed by atoms with Gasteiger partial charge in [-0.05, 0) is 48.9 Å². The zero-order chi connectivity index (χ0) is 16.6. The van der Waals surface area contributed by atoms with Gasteiger partial charge in [0.25, 0.3) is 5.91 Å². The largest absolute Gasteiger partial charge is 0.451 e. The number of carbonyl (C=O) groups excluding carboxylic acids is 1. The smallest absolute Gasteiger partial charge is 0.289 e. The minimum Gasteiger partial charge on any atom is -0.451 e. The SMILES string of the molecule is Cc1ccc(-c2ccc(C(=O)N3C[C@@H](C)C[C@H](C)C3)o2)cc1N. The number of benzene rings is 1. The van der Waals surface area contributed by atoms with E-state index in [0.29, 0.717) is 23.4 Å². The highest BCUT2D eigenvalue weighted by molar-refractivity contribution is 5.92. The molecule has 1 aliphatic rings. The van der Waals surface area contributed by atoms with Crippen molar-refractivity contribution in [2.45, 2.75) is 27.2 Å². The van der Waals surface area contributed by atoms with Gasteiger partial charge in [-0.25, -0.2) is 0 Å². The van der Waals surface area contributed by atoms with Crippen molar-refractivity contribution in [1.29, 1.82) is 0 Å². The van der Waals surface area contributed by atoms with E-state index < -0.39 is 0 Å². The fraction of sp³-hybridized carbons (Fsp3) is 0.421. The highest BCUT2D eigenvalue weighted by atomic mass is 16.4. The third-order valence-corrected chi connectivity index (χ3v) is 4.54. The van der Waals surface area contributed by atoms with Gasteiger partial charge in [0.15, 0.2) is 5.76 Å². The van der Waals surface area contributed by atoms with E-state index in [-0.39, 0.29) is 5.91 Å². The Morgan fingerprint density at radius 2 is 1.87 bits per heavy atom. The number of likely N-dealkylation sites (tertiary alicyclic amines) is 1. The van der Waals surface area contributed by atoms with Gasteiger partial charge in [0, 0.05) is 24.3 Å². The Hall–Kier alpha value is -2.23. The van der Waals surface area contributed by atoms with Crippen LogP contribution in [0.25, 0.3) is 11.3 Å². The molecule has 0 unspecified atom stereocenters. The lowest BCUT2D eigenvalue weighted by molar-refractivity contribution is 0.0592. The first-order chi connectivity index (χ1) is 10.9. The molecule has 2 atom stereocenters. The molecule has 0 radical (unpaired) electrons. The van der Waals surface area contributed by atoms with Gasteiger partial charge in [0.1, 0.15) is 5.76 Å². The summed E-state index contributed by atoms with van der Waals surface area (Å²) in [4.78, 5) is 14.6. The number of nitrogens with zero attached hydrogens (tertiary/aromatic N) is 1. The molecule has 1 saturated heterocycles. The number of nitrogens with two attached hydrogens (primary N) is 1. The molecular formula is C19H24N2O2. The van der Waals surface area contributed by atoms with Crippen LogP contribution in [0.5, 0.6) is 0 Å². The maximum absolute atomic E-state index is 12.7. The van der Waals surface area contributed by atoms with Gasteiger partial charge in [-0.15, -0.1) is 0 Å². The summed E-state index contributed by atoms with van der Waals surface area (Å²) >= 11 is 0. The number of hydrogen-bond donors (Lipinski definition) is 1. The second kappa shape index (κ2) is 6.11. The third kappa shape index (κ3) is 3.26. The molecule has 23 heavy (non-hydrogen) atoms. The van der Waals surface area contributed by atoms with Gasteiger partial charge in [-0.3, -0.25) is 4.79 Å². The summed E-state index contributed by atoms with van der Waals surface area (Å²) in [7, 11) is 0. The van der Waals surface area contributed by atoms with E-state index in [4.69, 9.17) is 10.2 Å². The second-order valence-corrected chi connectivity index (χ2v) is 6.89. The lowest BCUT2D eigenvalue weighted by Crippen LogP contribution is -2.42. The first-order valence-electron chi connectivity index (χ1n) is 8.19. The van der Waals surface area contributed by atoms with Crippen molar-refractivity contribution in [1.82, 2.24) is 4.90 Å². The predicted molar refractivity (Wildman–Crippen MR) is 92.1 cm³/mol. The van der Waals surface area contributed by atoms with Crippen LogP contribution < -0.4 is 5.73 Å². The maximum atomic E-state index is 12.7. The summed E-state index contributed by atoms with van der Waals surface area (Å²) in [5, 5.41) is 0. The lowest BCUT2D eigenvalue weighted by Gasteiger charge is -2.34. The van der Waals surface area contributed by atoms with Crippen molar-refractivity contribution in [2.24, 2.45) is 11.8 Å². The van der Waals surface area contributed by atoms with E-state index in [2.05, 4.69) is 13.8 Å². The minimum absolute atomic E-state index is 0.0188. The van der Waals surface area contributed by atoms with Crippen LogP contribution in [0.2, 0.25) is 0 Å². The van der Waals surface area contributed by atoms with Gasteiger partial charge < -0.3 is 15.1 Å². The highest BCUT2D eigenvalue weighted by Gasteiger charge is 2.27. The number of aryl methyl sites for hydroxylation is 1. The molecule has 0 saturated carbocycles. The average Bonchev–Trinajstić information content (AvgIpc) is 2.98. The molecule has 0 aliphatic carbocycles. The van der Waals surface area contributed by atoms with Crippen molar-refractivity contribution in [3.05, 3.63) is 41.7 Å². The Kier molecular flexibility index (Phi) is 4.16. The van der Waals surface area contributed by atoms with Crippen LogP contribution >= 0.6 is 0 Å². The fourth-order valence-electron chi connectivity index (χ4n) is 3.39. The number of piperidine rings is 1. The molecule has 0 spiro atoms. The molecule has 4 heteroatoms. The van der Waals surface area contributed by atoms with Crippen molar-refractivity contribution >= 4 is 11.6 Å². The second-order valence-electron chi connectivity index (χ2n) is 6.89. The highest BCUT2D eigenvalue weighted by Crippen LogP contribution is 2.27. The average molecular weight is 312 g/mol. The topological polar surface area (TPSA) is 59.5 Å². The van der Waals surface area contributed by atoms with Gasteiger partial charge in [0.2, 0.25) is 0 Å². The summed E-state index contributed by atoms with van der Waals surface area (Å²) in [5.74, 6) is 2.14.